The van der Waals surface area contributed by atoms with Crippen molar-refractivity contribution in [2.24, 2.45) is 0 Å². The van der Waals surface area contributed by atoms with E-state index in [2.05, 4.69) is 26.0 Å². The normalized spacial score (nSPS) is 15.1. The Balaban J connectivity index is 1.78. The molecular weight excluding hydrogens is 552 g/mol. The average molecular weight is 577 g/mol. The summed E-state index contributed by atoms with van der Waals surface area (Å²) < 4.78 is 16.6. The van der Waals surface area contributed by atoms with E-state index in [1.54, 1.807) is 31.2 Å². The molecule has 11 heteroatoms. The molecule has 3 amide bonds. The number of esters is 1. The summed E-state index contributed by atoms with van der Waals surface area (Å²) in [5.41, 5.74) is 2.29. The standard InChI is InChI=1S/C25H25BrN2O7S/c1-5-34-19-10-16(11-21-23(30)28(25(32)36-21)15(3)24(31)33-4)18(26)12-20(19)35-13-22(29)27-17-8-6-14(2)7-9-17/h6-12,15H,5,13H2,1-4H3,(H,27,29)/b21-11+/t15-/m1/s1. The second kappa shape index (κ2) is 12.1. The number of halogens is 1. The van der Waals surface area contributed by atoms with Crippen molar-refractivity contribution in [3.63, 3.8) is 0 Å². The maximum Gasteiger partial charge on any atom is 0.328 e. The van der Waals surface area contributed by atoms with Crippen LogP contribution in [0.15, 0.2) is 45.8 Å². The van der Waals surface area contributed by atoms with Gasteiger partial charge in [0.2, 0.25) is 0 Å². The number of anilines is 1. The lowest BCUT2D eigenvalue weighted by atomic mass is 10.1. The van der Waals surface area contributed by atoms with Gasteiger partial charge in [-0.2, -0.15) is 0 Å². The van der Waals surface area contributed by atoms with Gasteiger partial charge < -0.3 is 19.5 Å². The molecule has 1 N–H and O–H groups in total. The van der Waals surface area contributed by atoms with Crippen LogP contribution in [0.1, 0.15) is 25.0 Å². The Morgan fingerprint density at radius 3 is 2.44 bits per heavy atom. The summed E-state index contributed by atoms with van der Waals surface area (Å²) in [5, 5.41) is 2.20. The van der Waals surface area contributed by atoms with E-state index >= 15 is 0 Å². The van der Waals surface area contributed by atoms with Gasteiger partial charge in [-0.05, 0) is 68.4 Å². The Morgan fingerprint density at radius 1 is 1.14 bits per heavy atom. The van der Waals surface area contributed by atoms with Crippen molar-refractivity contribution in [1.29, 1.82) is 0 Å². The van der Waals surface area contributed by atoms with Gasteiger partial charge in [0.05, 0.1) is 18.6 Å². The molecule has 1 saturated heterocycles. The van der Waals surface area contributed by atoms with Crippen molar-refractivity contribution >= 4 is 62.5 Å². The number of amides is 3. The number of carbonyl (C=O) groups is 4. The first-order valence-electron chi connectivity index (χ1n) is 10.9. The molecule has 0 aromatic heterocycles. The van der Waals surface area contributed by atoms with Gasteiger partial charge in [-0.3, -0.25) is 19.3 Å². The maximum absolute atomic E-state index is 12.8. The van der Waals surface area contributed by atoms with Crippen LogP contribution >= 0.6 is 27.7 Å². The fourth-order valence-electron chi connectivity index (χ4n) is 3.25. The van der Waals surface area contributed by atoms with Crippen LogP contribution in [0, 0.1) is 6.92 Å². The van der Waals surface area contributed by atoms with Gasteiger partial charge in [0.25, 0.3) is 17.1 Å². The van der Waals surface area contributed by atoms with Crippen molar-refractivity contribution in [3.05, 3.63) is 56.9 Å². The number of benzene rings is 2. The monoisotopic (exact) mass is 576 g/mol. The van der Waals surface area contributed by atoms with Gasteiger partial charge >= 0.3 is 5.97 Å². The minimum Gasteiger partial charge on any atom is -0.490 e. The molecule has 1 atom stereocenters. The molecule has 2 aromatic rings. The van der Waals surface area contributed by atoms with Gasteiger partial charge in [0.1, 0.15) is 6.04 Å². The van der Waals surface area contributed by atoms with E-state index < -0.39 is 23.2 Å². The first-order valence-corrected chi connectivity index (χ1v) is 12.6. The van der Waals surface area contributed by atoms with Crippen LogP contribution in [0.3, 0.4) is 0 Å². The molecule has 1 aliphatic heterocycles. The van der Waals surface area contributed by atoms with E-state index in [0.29, 0.717) is 33.8 Å². The molecule has 9 nitrogen and oxygen atoms in total. The number of nitrogens with one attached hydrogen (secondary N) is 1. The summed E-state index contributed by atoms with van der Waals surface area (Å²) >= 11 is 4.17. The van der Waals surface area contributed by atoms with Gasteiger partial charge in [0, 0.05) is 10.2 Å². The third kappa shape index (κ3) is 6.46. The Morgan fingerprint density at radius 2 is 1.81 bits per heavy atom. The van der Waals surface area contributed by atoms with Gasteiger partial charge in [0.15, 0.2) is 18.1 Å². The lowest BCUT2D eigenvalue weighted by Gasteiger charge is -2.18. The van der Waals surface area contributed by atoms with Gasteiger partial charge in [-0.1, -0.05) is 33.6 Å². The van der Waals surface area contributed by atoms with E-state index in [1.165, 1.54) is 20.1 Å². The van der Waals surface area contributed by atoms with Crippen LogP contribution in [0.4, 0.5) is 10.5 Å². The van der Waals surface area contributed by atoms with Crippen molar-refractivity contribution in [2.45, 2.75) is 26.8 Å². The Bertz CT molecular complexity index is 1210. The molecule has 0 radical (unpaired) electrons. The average Bonchev–Trinajstić information content (AvgIpc) is 3.13. The summed E-state index contributed by atoms with van der Waals surface area (Å²) in [5.74, 6) is -0.938. The predicted octanol–water partition coefficient (Wildman–Crippen LogP) is 4.77. The third-order valence-electron chi connectivity index (χ3n) is 5.10. The minimum absolute atomic E-state index is 0.144. The molecule has 3 rings (SSSR count). The number of methoxy groups -OCH3 is 1. The van der Waals surface area contributed by atoms with Crippen LogP contribution in [-0.4, -0.2) is 54.3 Å². The van der Waals surface area contributed by atoms with E-state index in [0.717, 1.165) is 22.2 Å². The number of nitrogens with zero attached hydrogens (tertiary/aromatic N) is 1. The van der Waals surface area contributed by atoms with Crippen LogP contribution in [0.5, 0.6) is 11.5 Å². The Kier molecular flexibility index (Phi) is 9.16. The Hall–Kier alpha value is -3.31. The Labute approximate surface area is 221 Å². The summed E-state index contributed by atoms with van der Waals surface area (Å²) in [4.78, 5) is 50.4. The zero-order valence-electron chi connectivity index (χ0n) is 20.1. The van der Waals surface area contributed by atoms with E-state index in [1.807, 2.05) is 19.1 Å². The lowest BCUT2D eigenvalue weighted by Crippen LogP contribution is -2.42. The topological polar surface area (TPSA) is 111 Å². The number of ether oxygens (including phenoxy) is 3. The molecule has 190 valence electrons. The quantitative estimate of drug-likeness (QED) is 0.335. The molecular formula is C25H25BrN2O7S. The van der Waals surface area contributed by atoms with Crippen molar-refractivity contribution < 1.29 is 33.4 Å². The molecule has 1 fully saturated rings. The highest BCUT2D eigenvalue weighted by atomic mass is 79.9. The largest absolute Gasteiger partial charge is 0.490 e. The zero-order valence-corrected chi connectivity index (χ0v) is 22.5. The number of rotatable bonds is 9. The molecule has 1 aliphatic rings. The summed E-state index contributed by atoms with van der Waals surface area (Å²) in [6, 6.07) is 9.61. The first kappa shape index (κ1) is 27.3. The number of aryl methyl sites for hydroxylation is 1. The van der Waals surface area contributed by atoms with E-state index in [-0.39, 0.29) is 17.4 Å². The first-order chi connectivity index (χ1) is 17.1. The van der Waals surface area contributed by atoms with E-state index in [9.17, 15) is 19.2 Å². The molecule has 0 unspecified atom stereocenters. The number of hydrogen-bond acceptors (Lipinski definition) is 8. The number of thioether (sulfide) groups is 1. The zero-order chi connectivity index (χ0) is 26.4. The van der Waals surface area contributed by atoms with Gasteiger partial charge in [-0.25, -0.2) is 4.79 Å². The van der Waals surface area contributed by atoms with E-state index in [4.69, 9.17) is 9.47 Å². The molecule has 0 aliphatic carbocycles. The third-order valence-corrected chi connectivity index (χ3v) is 6.67. The fraction of sp³-hybridized carbons (Fsp3) is 0.280. The summed E-state index contributed by atoms with van der Waals surface area (Å²) in [6.07, 6.45) is 1.52. The highest BCUT2D eigenvalue weighted by Crippen LogP contribution is 2.38. The predicted molar refractivity (Wildman–Crippen MR) is 140 cm³/mol. The van der Waals surface area contributed by atoms with Crippen LogP contribution in [-0.2, 0) is 19.1 Å². The van der Waals surface area contributed by atoms with Crippen LogP contribution < -0.4 is 14.8 Å². The maximum atomic E-state index is 12.8. The second-order valence-corrected chi connectivity index (χ2v) is 9.55. The van der Waals surface area contributed by atoms with Crippen molar-refractivity contribution in [1.82, 2.24) is 4.90 Å². The van der Waals surface area contributed by atoms with Crippen LogP contribution in [0.25, 0.3) is 6.08 Å². The SMILES string of the molecule is CCOc1cc(/C=C2/SC(=O)N([C@H](C)C(=O)OC)C2=O)c(Br)cc1OCC(=O)Nc1ccc(C)cc1. The lowest BCUT2D eigenvalue weighted by molar-refractivity contribution is -0.148. The number of hydrogen-bond donors (Lipinski definition) is 1. The smallest absolute Gasteiger partial charge is 0.328 e. The number of carbonyl (C=O) groups excluding carboxylic acids is 4. The molecule has 1 heterocycles. The minimum atomic E-state index is -1.04. The molecule has 36 heavy (non-hydrogen) atoms. The molecule has 0 saturated carbocycles. The number of imide groups is 1. The van der Waals surface area contributed by atoms with Crippen molar-refractivity contribution in [3.8, 4) is 11.5 Å². The highest BCUT2D eigenvalue weighted by molar-refractivity contribution is 9.10. The molecule has 0 bridgehead atoms. The van der Waals surface area contributed by atoms with Crippen LogP contribution in [0.2, 0.25) is 0 Å². The summed E-state index contributed by atoms with van der Waals surface area (Å²) in [6.45, 7) is 5.27. The molecule has 0 spiro atoms. The summed E-state index contributed by atoms with van der Waals surface area (Å²) in [7, 11) is 1.19. The fourth-order valence-corrected chi connectivity index (χ4v) is 4.59. The van der Waals surface area contributed by atoms with Crippen molar-refractivity contribution in [2.75, 3.05) is 25.6 Å². The van der Waals surface area contributed by atoms with Gasteiger partial charge in [-0.15, -0.1) is 0 Å². The second-order valence-electron chi connectivity index (χ2n) is 7.71. The molecule has 2 aromatic carbocycles. The highest BCUT2D eigenvalue weighted by Gasteiger charge is 2.41.